The maximum Gasteiger partial charge on any atom is 0.228 e. The summed E-state index contributed by atoms with van der Waals surface area (Å²) in [5.74, 6) is -0.442. The van der Waals surface area contributed by atoms with Crippen LogP contribution in [0.1, 0.15) is 23.6 Å². The molecule has 2 aliphatic rings. The first-order chi connectivity index (χ1) is 11.3. The van der Waals surface area contributed by atoms with Crippen LogP contribution in [0, 0.1) is 12.7 Å². The van der Waals surface area contributed by atoms with Crippen molar-refractivity contribution in [3.8, 4) is 11.3 Å². The summed E-state index contributed by atoms with van der Waals surface area (Å²) in [4.78, 5) is 11.5. The highest BCUT2D eigenvalue weighted by Crippen LogP contribution is 2.33. The maximum atomic E-state index is 14.2. The SMILES string of the molecule is Cc1cn(C2CCS(=O)(=O)C2)nc1-c1cc(F)c2c(c1)CC(=O)N2. The lowest BCUT2D eigenvalue weighted by Crippen LogP contribution is -2.11. The Kier molecular flexibility index (Phi) is 3.28. The average molecular weight is 349 g/mol. The fraction of sp³-hybridized carbons (Fsp3) is 0.375. The highest BCUT2D eigenvalue weighted by molar-refractivity contribution is 7.91. The molecule has 126 valence electrons. The standard InChI is InChI=1S/C16H16FN3O3S/c1-9-7-20(12-2-3-24(22,23)8-12)19-15(9)10-4-11-6-14(21)18-16(11)13(17)5-10/h4-5,7,12H,2-3,6,8H2,1H3,(H,18,21). The van der Waals surface area contributed by atoms with Crippen LogP contribution in [-0.2, 0) is 21.1 Å². The molecule has 3 heterocycles. The Morgan fingerprint density at radius 2 is 2.17 bits per heavy atom. The summed E-state index contributed by atoms with van der Waals surface area (Å²) in [6, 6.07) is 2.95. The first kappa shape index (κ1) is 15.3. The number of aryl methyl sites for hydroxylation is 1. The minimum Gasteiger partial charge on any atom is -0.323 e. The molecule has 2 aliphatic heterocycles. The van der Waals surface area contributed by atoms with Crippen molar-refractivity contribution in [2.75, 3.05) is 16.8 Å². The van der Waals surface area contributed by atoms with Crippen LogP contribution in [0.3, 0.4) is 0 Å². The number of benzene rings is 1. The third kappa shape index (κ3) is 2.50. The van der Waals surface area contributed by atoms with Gasteiger partial charge in [0.1, 0.15) is 5.82 Å². The van der Waals surface area contributed by atoms with Gasteiger partial charge in [0.2, 0.25) is 5.91 Å². The number of rotatable bonds is 2. The van der Waals surface area contributed by atoms with Gasteiger partial charge in [-0.1, -0.05) is 0 Å². The monoisotopic (exact) mass is 349 g/mol. The van der Waals surface area contributed by atoms with Gasteiger partial charge in [0.05, 0.1) is 35.3 Å². The van der Waals surface area contributed by atoms with E-state index in [0.29, 0.717) is 23.2 Å². The van der Waals surface area contributed by atoms with Crippen molar-refractivity contribution >= 4 is 21.4 Å². The number of carbonyl (C=O) groups is 1. The quantitative estimate of drug-likeness (QED) is 0.897. The molecule has 0 spiro atoms. The molecule has 1 saturated heterocycles. The van der Waals surface area contributed by atoms with Crippen molar-refractivity contribution in [2.24, 2.45) is 0 Å². The van der Waals surface area contributed by atoms with Crippen LogP contribution < -0.4 is 5.32 Å². The second-order valence-corrected chi connectivity index (χ2v) is 8.64. The van der Waals surface area contributed by atoms with Gasteiger partial charge in [-0.3, -0.25) is 9.48 Å². The van der Waals surface area contributed by atoms with Crippen molar-refractivity contribution in [3.05, 3.63) is 35.3 Å². The fourth-order valence-electron chi connectivity index (χ4n) is 3.38. The minimum atomic E-state index is -3.00. The fourth-order valence-corrected chi connectivity index (χ4v) is 5.08. The lowest BCUT2D eigenvalue weighted by molar-refractivity contribution is -0.115. The van der Waals surface area contributed by atoms with Gasteiger partial charge < -0.3 is 5.32 Å². The van der Waals surface area contributed by atoms with Crippen LogP contribution in [0.15, 0.2) is 18.3 Å². The highest BCUT2D eigenvalue weighted by Gasteiger charge is 2.30. The second kappa shape index (κ2) is 5.14. The molecule has 4 rings (SSSR count). The Morgan fingerprint density at radius 3 is 2.88 bits per heavy atom. The third-order valence-corrected chi connectivity index (χ3v) is 6.31. The number of nitrogens with zero attached hydrogens (tertiary/aromatic N) is 2. The molecule has 1 aromatic carbocycles. The molecule has 1 amide bonds. The predicted molar refractivity (Wildman–Crippen MR) is 87.0 cm³/mol. The zero-order valence-corrected chi connectivity index (χ0v) is 13.9. The van der Waals surface area contributed by atoms with Crippen molar-refractivity contribution in [1.29, 1.82) is 0 Å². The molecule has 0 saturated carbocycles. The molecule has 1 N–H and O–H groups in total. The molecule has 0 bridgehead atoms. The Balaban J connectivity index is 1.72. The molecule has 1 atom stereocenters. The van der Waals surface area contributed by atoms with E-state index in [1.54, 1.807) is 16.9 Å². The van der Waals surface area contributed by atoms with Crippen LogP contribution in [-0.4, -0.2) is 35.6 Å². The van der Waals surface area contributed by atoms with Gasteiger partial charge in [0, 0.05) is 11.8 Å². The van der Waals surface area contributed by atoms with E-state index in [2.05, 4.69) is 10.4 Å². The lowest BCUT2D eigenvalue weighted by Gasteiger charge is -2.08. The second-order valence-electron chi connectivity index (χ2n) is 6.41. The normalized spacial score (nSPS) is 21.8. The van der Waals surface area contributed by atoms with Gasteiger partial charge in [0.15, 0.2) is 9.84 Å². The van der Waals surface area contributed by atoms with Crippen LogP contribution in [0.5, 0.6) is 0 Å². The van der Waals surface area contributed by atoms with E-state index in [1.165, 1.54) is 6.07 Å². The highest BCUT2D eigenvalue weighted by atomic mass is 32.2. The summed E-state index contributed by atoms with van der Waals surface area (Å²) in [5.41, 5.74) is 2.91. The average Bonchev–Trinajstić information content (AvgIpc) is 3.15. The van der Waals surface area contributed by atoms with E-state index >= 15 is 0 Å². The maximum absolute atomic E-state index is 14.2. The van der Waals surface area contributed by atoms with E-state index in [1.807, 2.05) is 6.92 Å². The number of anilines is 1. The summed E-state index contributed by atoms with van der Waals surface area (Å²) >= 11 is 0. The van der Waals surface area contributed by atoms with Gasteiger partial charge in [-0.2, -0.15) is 5.10 Å². The molecular weight excluding hydrogens is 333 g/mol. The van der Waals surface area contributed by atoms with Crippen molar-refractivity contribution in [3.63, 3.8) is 0 Å². The van der Waals surface area contributed by atoms with Crippen LogP contribution in [0.4, 0.5) is 10.1 Å². The van der Waals surface area contributed by atoms with Crippen molar-refractivity contribution in [2.45, 2.75) is 25.8 Å². The predicted octanol–water partition coefficient (Wildman–Crippen LogP) is 1.85. The van der Waals surface area contributed by atoms with Gasteiger partial charge in [-0.05, 0) is 36.6 Å². The van der Waals surface area contributed by atoms with Gasteiger partial charge in [-0.25, -0.2) is 12.8 Å². The Bertz CT molecular complexity index is 965. The van der Waals surface area contributed by atoms with E-state index in [9.17, 15) is 17.6 Å². The van der Waals surface area contributed by atoms with Crippen LogP contribution in [0.25, 0.3) is 11.3 Å². The van der Waals surface area contributed by atoms with Crippen LogP contribution in [0.2, 0.25) is 0 Å². The number of hydrogen-bond acceptors (Lipinski definition) is 4. The van der Waals surface area contributed by atoms with Gasteiger partial charge in [-0.15, -0.1) is 0 Å². The topological polar surface area (TPSA) is 81.1 Å². The van der Waals surface area contributed by atoms with Gasteiger partial charge in [0.25, 0.3) is 0 Å². The van der Waals surface area contributed by atoms with Crippen LogP contribution >= 0.6 is 0 Å². The van der Waals surface area contributed by atoms with Crippen molar-refractivity contribution in [1.82, 2.24) is 9.78 Å². The molecule has 2 aromatic rings. The van der Waals surface area contributed by atoms with Crippen molar-refractivity contribution < 1.29 is 17.6 Å². The molecular formula is C16H16FN3O3S. The molecule has 6 nitrogen and oxygen atoms in total. The zero-order valence-electron chi connectivity index (χ0n) is 13.0. The van der Waals surface area contributed by atoms with E-state index < -0.39 is 15.7 Å². The van der Waals surface area contributed by atoms with E-state index in [4.69, 9.17) is 0 Å². The summed E-state index contributed by atoms with van der Waals surface area (Å²) < 4.78 is 39.2. The largest absolute Gasteiger partial charge is 0.323 e. The first-order valence-corrected chi connectivity index (χ1v) is 9.53. The third-order valence-electron chi connectivity index (χ3n) is 4.56. The molecule has 0 aliphatic carbocycles. The number of sulfone groups is 1. The molecule has 1 fully saturated rings. The minimum absolute atomic E-state index is 0.0878. The number of nitrogens with one attached hydrogen (secondary N) is 1. The molecule has 0 radical (unpaired) electrons. The molecule has 1 unspecified atom stereocenters. The number of hydrogen-bond donors (Lipinski definition) is 1. The Morgan fingerprint density at radius 1 is 1.38 bits per heavy atom. The number of fused-ring (bicyclic) bond motifs is 1. The van der Waals surface area contributed by atoms with E-state index in [-0.39, 0.29) is 35.6 Å². The number of aromatic nitrogens is 2. The zero-order chi connectivity index (χ0) is 17.1. The lowest BCUT2D eigenvalue weighted by atomic mass is 10.0. The summed E-state index contributed by atoms with van der Waals surface area (Å²) in [5, 5.41) is 7.01. The smallest absolute Gasteiger partial charge is 0.228 e. The van der Waals surface area contributed by atoms with E-state index in [0.717, 1.165) is 5.56 Å². The summed E-state index contributed by atoms with van der Waals surface area (Å²) in [7, 11) is -3.00. The summed E-state index contributed by atoms with van der Waals surface area (Å²) in [6.45, 7) is 1.86. The first-order valence-electron chi connectivity index (χ1n) is 7.71. The molecule has 24 heavy (non-hydrogen) atoms. The number of carbonyl (C=O) groups excluding carboxylic acids is 1. The number of amides is 1. The Labute approximate surface area is 138 Å². The summed E-state index contributed by atoms with van der Waals surface area (Å²) in [6.07, 6.45) is 2.50. The number of halogens is 1. The molecule has 1 aromatic heterocycles. The molecule has 8 heteroatoms. The van der Waals surface area contributed by atoms with Gasteiger partial charge >= 0.3 is 0 Å². The Hall–Kier alpha value is -2.22.